The van der Waals surface area contributed by atoms with Crippen LogP contribution in [0.2, 0.25) is 0 Å². The van der Waals surface area contributed by atoms with E-state index < -0.39 is 5.38 Å². The first-order valence-electron chi connectivity index (χ1n) is 9.68. The van der Waals surface area contributed by atoms with Crippen LogP contribution in [0, 0.1) is 5.92 Å². The van der Waals surface area contributed by atoms with Crippen molar-refractivity contribution in [2.24, 2.45) is 5.92 Å². The highest BCUT2D eigenvalue weighted by Crippen LogP contribution is 2.31. The summed E-state index contributed by atoms with van der Waals surface area (Å²) in [5, 5.41) is -0.519. The topological polar surface area (TPSA) is 37.4 Å². The lowest BCUT2D eigenvalue weighted by molar-refractivity contribution is -0.119. The van der Waals surface area contributed by atoms with Gasteiger partial charge in [0.1, 0.15) is 0 Å². The third-order valence-corrected chi connectivity index (χ3v) is 5.83. The lowest BCUT2D eigenvalue weighted by Crippen LogP contribution is -2.35. The molecule has 136 valence electrons. The van der Waals surface area contributed by atoms with Crippen LogP contribution in [0.3, 0.4) is 0 Å². The molecule has 25 heavy (non-hydrogen) atoms. The van der Waals surface area contributed by atoms with Crippen molar-refractivity contribution in [3.05, 3.63) is 29.3 Å². The molecule has 0 N–H and O–H groups in total. The van der Waals surface area contributed by atoms with Crippen molar-refractivity contribution < 1.29 is 9.59 Å². The van der Waals surface area contributed by atoms with Crippen LogP contribution in [-0.4, -0.2) is 23.6 Å². The molecule has 1 aliphatic heterocycles. The number of hydrogen-bond acceptors (Lipinski definition) is 2. The summed E-state index contributed by atoms with van der Waals surface area (Å²) < 4.78 is 0. The Kier molecular flexibility index (Phi) is 6.16. The minimum Gasteiger partial charge on any atom is -0.312 e. The molecule has 0 bridgehead atoms. The van der Waals surface area contributed by atoms with Gasteiger partial charge in [0.15, 0.2) is 5.78 Å². The van der Waals surface area contributed by atoms with Gasteiger partial charge >= 0.3 is 0 Å². The lowest BCUT2D eigenvalue weighted by atomic mass is 9.86. The summed E-state index contributed by atoms with van der Waals surface area (Å²) in [6.45, 7) is 2.49. The molecular formula is C21H28ClNO2. The summed E-state index contributed by atoms with van der Waals surface area (Å²) in [6, 6.07) is 5.67. The van der Waals surface area contributed by atoms with Gasteiger partial charge in [0.2, 0.25) is 5.91 Å². The SMILES string of the molecule is CC(Cl)C(=O)c1ccc2c(c1)CCCN2C(=O)CCC1CCCCC1. The van der Waals surface area contributed by atoms with E-state index in [1.807, 2.05) is 23.1 Å². The normalized spacial score (nSPS) is 19.4. The van der Waals surface area contributed by atoms with E-state index in [2.05, 4.69) is 0 Å². The molecule has 2 aliphatic rings. The van der Waals surface area contributed by atoms with E-state index in [4.69, 9.17) is 11.6 Å². The number of Topliss-reactive ketones (excluding diaryl/α,β-unsaturated/α-hetero) is 1. The summed E-state index contributed by atoms with van der Waals surface area (Å²) in [5.74, 6) is 0.911. The number of carbonyl (C=O) groups excluding carboxylic acids is 2. The Morgan fingerprint density at radius 1 is 1.20 bits per heavy atom. The van der Waals surface area contributed by atoms with Crippen molar-refractivity contribution in [3.63, 3.8) is 0 Å². The summed E-state index contributed by atoms with van der Waals surface area (Å²) >= 11 is 5.93. The number of carbonyl (C=O) groups is 2. The average molecular weight is 362 g/mol. The van der Waals surface area contributed by atoms with Crippen LogP contribution in [0.15, 0.2) is 18.2 Å². The minimum absolute atomic E-state index is 0.0507. The van der Waals surface area contributed by atoms with Crippen molar-refractivity contribution >= 4 is 29.0 Å². The largest absolute Gasteiger partial charge is 0.312 e. The third kappa shape index (κ3) is 4.44. The average Bonchev–Trinajstić information content (AvgIpc) is 2.65. The molecule has 0 aromatic heterocycles. The minimum atomic E-state index is -0.519. The second kappa shape index (κ2) is 8.35. The van der Waals surface area contributed by atoms with Crippen molar-refractivity contribution in [2.75, 3.05) is 11.4 Å². The fourth-order valence-corrected chi connectivity index (χ4v) is 4.30. The summed E-state index contributed by atoms with van der Waals surface area (Å²) in [5.41, 5.74) is 2.73. The monoisotopic (exact) mass is 361 g/mol. The quantitative estimate of drug-likeness (QED) is 0.538. The number of anilines is 1. The van der Waals surface area contributed by atoms with Crippen molar-refractivity contribution in [1.29, 1.82) is 0 Å². The van der Waals surface area contributed by atoms with Gasteiger partial charge in [0.05, 0.1) is 5.38 Å². The maximum Gasteiger partial charge on any atom is 0.226 e. The van der Waals surface area contributed by atoms with Crippen molar-refractivity contribution in [3.8, 4) is 0 Å². The molecule has 0 radical (unpaired) electrons. The highest BCUT2D eigenvalue weighted by molar-refractivity contribution is 6.33. The van der Waals surface area contributed by atoms with Crippen molar-refractivity contribution in [2.45, 2.75) is 70.1 Å². The van der Waals surface area contributed by atoms with E-state index in [-0.39, 0.29) is 11.7 Å². The number of rotatable bonds is 5. The van der Waals surface area contributed by atoms with Crippen LogP contribution in [-0.2, 0) is 11.2 Å². The Labute approximate surface area is 155 Å². The van der Waals surface area contributed by atoms with E-state index in [0.29, 0.717) is 12.0 Å². The molecule has 1 aromatic carbocycles. The molecule has 1 amide bonds. The highest BCUT2D eigenvalue weighted by atomic mass is 35.5. The first kappa shape index (κ1) is 18.4. The molecule has 1 unspecified atom stereocenters. The Bertz CT molecular complexity index is 635. The molecule has 3 nitrogen and oxygen atoms in total. The number of ketones is 1. The Morgan fingerprint density at radius 3 is 2.68 bits per heavy atom. The number of nitrogens with zero attached hydrogens (tertiary/aromatic N) is 1. The van der Waals surface area contributed by atoms with Crippen LogP contribution in [0.5, 0.6) is 0 Å². The molecule has 3 rings (SSSR count). The van der Waals surface area contributed by atoms with Gasteiger partial charge in [-0.05, 0) is 55.9 Å². The van der Waals surface area contributed by atoms with Gasteiger partial charge in [-0.3, -0.25) is 9.59 Å². The fraction of sp³-hybridized carbons (Fsp3) is 0.619. The van der Waals surface area contributed by atoms with Gasteiger partial charge in [0.25, 0.3) is 0 Å². The van der Waals surface area contributed by atoms with Crippen LogP contribution in [0.25, 0.3) is 0 Å². The fourth-order valence-electron chi connectivity index (χ4n) is 4.18. The number of alkyl halides is 1. The first-order valence-corrected chi connectivity index (χ1v) is 10.1. The molecule has 1 fully saturated rings. The number of hydrogen-bond donors (Lipinski definition) is 0. The Hall–Kier alpha value is -1.35. The molecule has 0 saturated heterocycles. The number of amides is 1. The van der Waals surface area contributed by atoms with Crippen LogP contribution in [0.4, 0.5) is 5.69 Å². The van der Waals surface area contributed by atoms with Gasteiger partial charge in [0, 0.05) is 24.2 Å². The zero-order chi connectivity index (χ0) is 17.8. The molecule has 1 saturated carbocycles. The van der Waals surface area contributed by atoms with Gasteiger partial charge in [-0.25, -0.2) is 0 Å². The second-order valence-electron chi connectivity index (χ2n) is 7.52. The molecule has 4 heteroatoms. The van der Waals surface area contributed by atoms with Crippen molar-refractivity contribution in [1.82, 2.24) is 0 Å². The molecule has 1 aliphatic carbocycles. The van der Waals surface area contributed by atoms with E-state index in [1.54, 1.807) is 6.92 Å². The highest BCUT2D eigenvalue weighted by Gasteiger charge is 2.25. The van der Waals surface area contributed by atoms with E-state index in [0.717, 1.165) is 43.0 Å². The van der Waals surface area contributed by atoms with Crippen LogP contribution in [0.1, 0.15) is 74.2 Å². The second-order valence-corrected chi connectivity index (χ2v) is 8.17. The maximum absolute atomic E-state index is 12.8. The van der Waals surface area contributed by atoms with E-state index in [1.165, 1.54) is 32.1 Å². The maximum atomic E-state index is 12.8. The van der Waals surface area contributed by atoms with Gasteiger partial charge < -0.3 is 4.90 Å². The van der Waals surface area contributed by atoms with Gasteiger partial charge in [-0.15, -0.1) is 11.6 Å². The smallest absolute Gasteiger partial charge is 0.226 e. The number of aryl methyl sites for hydroxylation is 1. The van der Waals surface area contributed by atoms with Gasteiger partial charge in [-0.2, -0.15) is 0 Å². The zero-order valence-corrected chi connectivity index (χ0v) is 15.9. The lowest BCUT2D eigenvalue weighted by Gasteiger charge is -2.31. The summed E-state index contributed by atoms with van der Waals surface area (Å²) in [4.78, 5) is 26.8. The predicted octanol–water partition coefficient (Wildman–Crippen LogP) is 5.14. The number of benzene rings is 1. The zero-order valence-electron chi connectivity index (χ0n) is 15.1. The Balaban J connectivity index is 1.68. The van der Waals surface area contributed by atoms with Crippen LogP contribution >= 0.6 is 11.6 Å². The molecule has 1 heterocycles. The van der Waals surface area contributed by atoms with Gasteiger partial charge in [-0.1, -0.05) is 32.1 Å². The molecule has 1 aromatic rings. The number of halogens is 1. The summed E-state index contributed by atoms with van der Waals surface area (Å²) in [6.07, 6.45) is 10.1. The Morgan fingerprint density at radius 2 is 1.96 bits per heavy atom. The predicted molar refractivity (Wildman–Crippen MR) is 103 cm³/mol. The molecule has 1 atom stereocenters. The third-order valence-electron chi connectivity index (χ3n) is 5.64. The molecular weight excluding hydrogens is 334 g/mol. The van der Waals surface area contributed by atoms with E-state index >= 15 is 0 Å². The van der Waals surface area contributed by atoms with E-state index in [9.17, 15) is 9.59 Å². The van der Waals surface area contributed by atoms with Crippen LogP contribution < -0.4 is 4.90 Å². The number of fused-ring (bicyclic) bond motifs is 1. The molecule has 0 spiro atoms. The first-order chi connectivity index (χ1) is 12.1. The summed E-state index contributed by atoms with van der Waals surface area (Å²) in [7, 11) is 0. The standard InChI is InChI=1S/C21H28ClNO2/c1-15(22)21(25)18-10-11-19-17(14-18)8-5-13-23(19)20(24)12-9-16-6-3-2-4-7-16/h10-11,14-16H,2-9,12-13H2,1H3.